The van der Waals surface area contributed by atoms with Crippen LogP contribution in [0.1, 0.15) is 24.8 Å². The Hall–Kier alpha value is -1.79. The van der Waals surface area contributed by atoms with E-state index in [4.69, 9.17) is 12.2 Å². The molecule has 1 aliphatic carbocycles. The summed E-state index contributed by atoms with van der Waals surface area (Å²) in [6, 6.07) is 7.28. The molecule has 0 aliphatic heterocycles. The van der Waals surface area contributed by atoms with E-state index < -0.39 is 0 Å². The molecule has 2 atom stereocenters. The molecular weight excluding hydrogens is 212 g/mol. The number of hydrogen-bond donors (Lipinski definition) is 2. The Bertz CT molecular complexity index is 462. The number of nitrogens with two attached hydrogens (primary N) is 1. The van der Waals surface area contributed by atoms with Crippen molar-refractivity contribution in [1.29, 1.82) is 0 Å². The third-order valence-electron chi connectivity index (χ3n) is 3.20. The van der Waals surface area contributed by atoms with Crippen molar-refractivity contribution in [3.63, 3.8) is 0 Å². The quantitative estimate of drug-likeness (QED) is 0.757. The lowest BCUT2D eigenvalue weighted by Crippen LogP contribution is -2.34. The molecule has 2 rings (SSSR count). The lowest BCUT2D eigenvalue weighted by molar-refractivity contribution is -0.120. The number of carbonyl (C=O) groups excluding carboxylic acids is 1. The zero-order valence-electron chi connectivity index (χ0n) is 9.65. The van der Waals surface area contributed by atoms with Gasteiger partial charge in [0.1, 0.15) is 0 Å². The van der Waals surface area contributed by atoms with Gasteiger partial charge in [0.05, 0.1) is 5.92 Å². The standard InChI is InChI=1S/C14H16N2O/c1-2-10-5-3-6-11(9-10)16-14(17)12-7-4-8-13(12)15/h1,3,5-6,9,12-13H,4,7-8,15H2,(H,16,17). The first kappa shape index (κ1) is 11.7. The molecule has 1 saturated carbocycles. The highest BCUT2D eigenvalue weighted by Gasteiger charge is 2.30. The van der Waals surface area contributed by atoms with E-state index in [0.29, 0.717) is 0 Å². The van der Waals surface area contributed by atoms with E-state index in [-0.39, 0.29) is 17.9 Å². The van der Waals surface area contributed by atoms with Crippen LogP contribution >= 0.6 is 0 Å². The van der Waals surface area contributed by atoms with Gasteiger partial charge in [0, 0.05) is 17.3 Å². The zero-order valence-corrected chi connectivity index (χ0v) is 9.65. The summed E-state index contributed by atoms with van der Waals surface area (Å²) in [5, 5.41) is 2.87. The summed E-state index contributed by atoms with van der Waals surface area (Å²) < 4.78 is 0. The van der Waals surface area contributed by atoms with Crippen LogP contribution in [0.25, 0.3) is 0 Å². The molecule has 1 aliphatic rings. The van der Waals surface area contributed by atoms with E-state index in [0.717, 1.165) is 30.5 Å². The SMILES string of the molecule is C#Cc1cccc(NC(=O)C2CCCC2N)c1. The van der Waals surface area contributed by atoms with E-state index in [9.17, 15) is 4.79 Å². The van der Waals surface area contributed by atoms with Crippen molar-refractivity contribution in [3.8, 4) is 12.3 Å². The highest BCUT2D eigenvalue weighted by atomic mass is 16.1. The fourth-order valence-corrected chi connectivity index (χ4v) is 2.24. The molecule has 3 nitrogen and oxygen atoms in total. The number of terminal acetylenes is 1. The fourth-order valence-electron chi connectivity index (χ4n) is 2.24. The maximum atomic E-state index is 12.0. The average Bonchev–Trinajstić information content (AvgIpc) is 2.76. The molecule has 0 saturated heterocycles. The van der Waals surface area contributed by atoms with Gasteiger partial charge in [-0.2, -0.15) is 0 Å². The van der Waals surface area contributed by atoms with Crippen molar-refractivity contribution in [1.82, 2.24) is 0 Å². The number of amides is 1. The molecule has 3 N–H and O–H groups in total. The smallest absolute Gasteiger partial charge is 0.229 e. The van der Waals surface area contributed by atoms with Gasteiger partial charge in [-0.05, 0) is 31.0 Å². The lowest BCUT2D eigenvalue weighted by Gasteiger charge is -2.15. The molecule has 0 heterocycles. The Morgan fingerprint density at radius 3 is 2.94 bits per heavy atom. The summed E-state index contributed by atoms with van der Waals surface area (Å²) in [5.41, 5.74) is 7.40. The van der Waals surface area contributed by atoms with Gasteiger partial charge in [-0.15, -0.1) is 6.42 Å². The molecular formula is C14H16N2O. The van der Waals surface area contributed by atoms with E-state index in [1.54, 1.807) is 6.07 Å². The Morgan fingerprint density at radius 1 is 1.47 bits per heavy atom. The number of carbonyl (C=O) groups is 1. The first-order valence-corrected chi connectivity index (χ1v) is 5.84. The van der Waals surface area contributed by atoms with Crippen LogP contribution < -0.4 is 11.1 Å². The van der Waals surface area contributed by atoms with Gasteiger partial charge in [0.25, 0.3) is 0 Å². The van der Waals surface area contributed by atoms with Crippen LogP contribution in [0.2, 0.25) is 0 Å². The summed E-state index contributed by atoms with van der Waals surface area (Å²) in [7, 11) is 0. The Labute approximate surface area is 101 Å². The van der Waals surface area contributed by atoms with Crippen molar-refractivity contribution in [3.05, 3.63) is 29.8 Å². The highest BCUT2D eigenvalue weighted by Crippen LogP contribution is 2.25. The van der Waals surface area contributed by atoms with Crippen LogP contribution in [0, 0.1) is 18.3 Å². The van der Waals surface area contributed by atoms with Gasteiger partial charge in [-0.1, -0.05) is 18.4 Å². The second-order valence-corrected chi connectivity index (χ2v) is 4.42. The van der Waals surface area contributed by atoms with Crippen LogP contribution in [0.15, 0.2) is 24.3 Å². The number of anilines is 1. The number of hydrogen-bond acceptors (Lipinski definition) is 2. The largest absolute Gasteiger partial charge is 0.327 e. The third kappa shape index (κ3) is 2.66. The molecule has 0 bridgehead atoms. The minimum Gasteiger partial charge on any atom is -0.327 e. The van der Waals surface area contributed by atoms with Gasteiger partial charge in [-0.3, -0.25) is 4.79 Å². The summed E-state index contributed by atoms with van der Waals surface area (Å²) >= 11 is 0. The van der Waals surface area contributed by atoms with Crippen LogP contribution in [0.4, 0.5) is 5.69 Å². The van der Waals surface area contributed by atoms with Gasteiger partial charge in [-0.25, -0.2) is 0 Å². The predicted octanol–water partition coefficient (Wildman–Crippen LogP) is 1.73. The van der Waals surface area contributed by atoms with E-state index in [1.165, 1.54) is 0 Å². The Balaban J connectivity index is 2.05. The van der Waals surface area contributed by atoms with Crippen molar-refractivity contribution >= 4 is 11.6 Å². The second kappa shape index (κ2) is 5.03. The van der Waals surface area contributed by atoms with Crippen LogP contribution in [0.3, 0.4) is 0 Å². The molecule has 88 valence electrons. The molecule has 2 unspecified atom stereocenters. The number of benzene rings is 1. The fraction of sp³-hybridized carbons (Fsp3) is 0.357. The number of rotatable bonds is 2. The second-order valence-electron chi connectivity index (χ2n) is 4.42. The van der Waals surface area contributed by atoms with Crippen LogP contribution in [-0.4, -0.2) is 11.9 Å². The predicted molar refractivity (Wildman–Crippen MR) is 68.3 cm³/mol. The molecule has 1 fully saturated rings. The van der Waals surface area contributed by atoms with E-state index >= 15 is 0 Å². The van der Waals surface area contributed by atoms with Gasteiger partial charge in [0.15, 0.2) is 0 Å². The van der Waals surface area contributed by atoms with Crippen molar-refractivity contribution in [2.24, 2.45) is 11.7 Å². The molecule has 3 heteroatoms. The van der Waals surface area contributed by atoms with Crippen molar-refractivity contribution in [2.75, 3.05) is 5.32 Å². The minimum atomic E-state index is -0.0653. The molecule has 17 heavy (non-hydrogen) atoms. The first-order valence-electron chi connectivity index (χ1n) is 5.84. The van der Waals surface area contributed by atoms with E-state index in [2.05, 4.69) is 11.2 Å². The van der Waals surface area contributed by atoms with Crippen molar-refractivity contribution in [2.45, 2.75) is 25.3 Å². The molecule has 0 spiro atoms. The maximum absolute atomic E-state index is 12.0. The minimum absolute atomic E-state index is 0.00386. The summed E-state index contributed by atoms with van der Waals surface area (Å²) in [4.78, 5) is 12.0. The molecule has 0 radical (unpaired) electrons. The number of nitrogens with one attached hydrogen (secondary N) is 1. The highest BCUT2D eigenvalue weighted by molar-refractivity contribution is 5.93. The Morgan fingerprint density at radius 2 is 2.29 bits per heavy atom. The average molecular weight is 228 g/mol. The summed E-state index contributed by atoms with van der Waals surface area (Å²) in [5.74, 6) is 2.48. The Kier molecular flexibility index (Phi) is 3.46. The monoisotopic (exact) mass is 228 g/mol. The first-order chi connectivity index (χ1) is 8.20. The van der Waals surface area contributed by atoms with Crippen molar-refractivity contribution < 1.29 is 4.79 Å². The van der Waals surface area contributed by atoms with Crippen LogP contribution in [0.5, 0.6) is 0 Å². The van der Waals surface area contributed by atoms with E-state index in [1.807, 2.05) is 18.2 Å². The van der Waals surface area contributed by atoms with Crippen LogP contribution in [-0.2, 0) is 4.79 Å². The normalized spacial score (nSPS) is 23.1. The molecule has 1 amide bonds. The summed E-state index contributed by atoms with van der Waals surface area (Å²) in [6.07, 6.45) is 8.15. The van der Waals surface area contributed by atoms with Gasteiger partial charge < -0.3 is 11.1 Å². The van der Waals surface area contributed by atoms with Gasteiger partial charge >= 0.3 is 0 Å². The zero-order chi connectivity index (χ0) is 12.3. The topological polar surface area (TPSA) is 55.1 Å². The maximum Gasteiger partial charge on any atom is 0.229 e. The lowest BCUT2D eigenvalue weighted by atomic mass is 10.0. The molecule has 1 aromatic rings. The third-order valence-corrected chi connectivity index (χ3v) is 3.20. The molecule has 1 aromatic carbocycles. The van der Waals surface area contributed by atoms with Gasteiger partial charge in [0.2, 0.25) is 5.91 Å². The summed E-state index contributed by atoms with van der Waals surface area (Å²) in [6.45, 7) is 0. The molecule has 0 aromatic heterocycles.